The predicted molar refractivity (Wildman–Crippen MR) is 86.2 cm³/mol. The number of anilines is 1. The Labute approximate surface area is 123 Å². The molecular formula is C18H17N3. The summed E-state index contributed by atoms with van der Waals surface area (Å²) in [5, 5.41) is 4.65. The van der Waals surface area contributed by atoms with Gasteiger partial charge in [0.15, 0.2) is 0 Å². The Morgan fingerprint density at radius 2 is 1.76 bits per heavy atom. The van der Waals surface area contributed by atoms with Crippen molar-refractivity contribution in [3.05, 3.63) is 71.8 Å². The number of nitrogens with zero attached hydrogens (tertiary/aromatic N) is 1. The molecule has 0 amide bonds. The van der Waals surface area contributed by atoms with Crippen LogP contribution in [0.25, 0.3) is 10.9 Å². The largest absolute Gasteiger partial charge is 0.362 e. The summed E-state index contributed by atoms with van der Waals surface area (Å²) in [4.78, 5) is 4.68. The van der Waals surface area contributed by atoms with Gasteiger partial charge in [-0.05, 0) is 35.7 Å². The predicted octanol–water partition coefficient (Wildman–Crippen LogP) is 3.27. The van der Waals surface area contributed by atoms with Gasteiger partial charge in [-0.15, -0.1) is 0 Å². The fraction of sp³-hybridized carbons (Fsp3) is 0.167. The maximum Gasteiger partial charge on any atom is 0.127 e. The summed E-state index contributed by atoms with van der Waals surface area (Å²) in [7, 11) is 0. The van der Waals surface area contributed by atoms with Gasteiger partial charge in [0.1, 0.15) is 5.82 Å². The van der Waals surface area contributed by atoms with Crippen molar-refractivity contribution in [2.75, 3.05) is 5.32 Å². The molecule has 0 bridgehead atoms. The second-order valence-electron chi connectivity index (χ2n) is 5.58. The van der Waals surface area contributed by atoms with Crippen molar-refractivity contribution in [1.82, 2.24) is 4.98 Å². The minimum atomic E-state index is 0.0932. The summed E-state index contributed by atoms with van der Waals surface area (Å²) in [5.74, 6) is 0.880. The molecule has 0 aliphatic heterocycles. The maximum atomic E-state index is 6.30. The van der Waals surface area contributed by atoms with E-state index in [1.807, 2.05) is 24.3 Å². The van der Waals surface area contributed by atoms with Crippen LogP contribution in [0.3, 0.4) is 0 Å². The van der Waals surface area contributed by atoms with E-state index in [-0.39, 0.29) is 12.1 Å². The third-order valence-electron chi connectivity index (χ3n) is 4.18. The van der Waals surface area contributed by atoms with Crippen molar-refractivity contribution in [2.45, 2.75) is 18.5 Å². The first-order valence-electron chi connectivity index (χ1n) is 7.27. The standard InChI is InChI=1S/C18H17N3/c19-15-11-13-6-1-3-7-14(13)18(15)21-17-10-9-12-5-2-4-8-16(12)20-17/h1-10,15,18H,11,19H2,(H,20,21). The van der Waals surface area contributed by atoms with E-state index in [1.54, 1.807) is 0 Å². The average Bonchev–Trinajstić information content (AvgIpc) is 2.83. The Morgan fingerprint density at radius 1 is 0.952 bits per heavy atom. The number of hydrogen-bond acceptors (Lipinski definition) is 3. The number of benzene rings is 2. The number of para-hydroxylation sites is 1. The van der Waals surface area contributed by atoms with E-state index in [9.17, 15) is 0 Å². The van der Waals surface area contributed by atoms with Gasteiger partial charge in [-0.3, -0.25) is 0 Å². The van der Waals surface area contributed by atoms with Crippen LogP contribution in [0, 0.1) is 0 Å². The van der Waals surface area contributed by atoms with Gasteiger partial charge in [0, 0.05) is 11.4 Å². The van der Waals surface area contributed by atoms with Gasteiger partial charge >= 0.3 is 0 Å². The Bertz CT molecular complexity index is 797. The molecule has 2 unspecified atom stereocenters. The molecular weight excluding hydrogens is 258 g/mol. The fourth-order valence-electron chi connectivity index (χ4n) is 3.12. The van der Waals surface area contributed by atoms with Gasteiger partial charge in [-0.2, -0.15) is 0 Å². The Hall–Kier alpha value is -2.39. The Morgan fingerprint density at radius 3 is 2.71 bits per heavy atom. The van der Waals surface area contributed by atoms with Crippen LogP contribution in [0.1, 0.15) is 17.2 Å². The zero-order valence-electron chi connectivity index (χ0n) is 11.7. The lowest BCUT2D eigenvalue weighted by Gasteiger charge is -2.19. The van der Waals surface area contributed by atoms with E-state index < -0.39 is 0 Å². The van der Waals surface area contributed by atoms with Crippen LogP contribution in [0.4, 0.5) is 5.82 Å². The van der Waals surface area contributed by atoms with Crippen LogP contribution >= 0.6 is 0 Å². The van der Waals surface area contributed by atoms with E-state index in [0.29, 0.717) is 0 Å². The summed E-state index contributed by atoms with van der Waals surface area (Å²) >= 11 is 0. The zero-order valence-corrected chi connectivity index (χ0v) is 11.7. The molecule has 1 aliphatic rings. The van der Waals surface area contributed by atoms with E-state index in [0.717, 1.165) is 23.1 Å². The quantitative estimate of drug-likeness (QED) is 0.754. The summed E-state index contributed by atoms with van der Waals surface area (Å²) in [6, 6.07) is 20.9. The highest BCUT2D eigenvalue weighted by Gasteiger charge is 2.29. The number of hydrogen-bond donors (Lipinski definition) is 2. The second-order valence-corrected chi connectivity index (χ2v) is 5.58. The Balaban J connectivity index is 1.68. The van der Waals surface area contributed by atoms with Crippen LogP contribution in [0.2, 0.25) is 0 Å². The molecule has 21 heavy (non-hydrogen) atoms. The third-order valence-corrected chi connectivity index (χ3v) is 4.18. The fourth-order valence-corrected chi connectivity index (χ4v) is 3.12. The maximum absolute atomic E-state index is 6.30. The molecule has 1 aliphatic carbocycles. The molecule has 0 saturated carbocycles. The summed E-state index contributed by atoms with van der Waals surface area (Å²) in [5.41, 5.74) is 9.93. The lowest BCUT2D eigenvalue weighted by Crippen LogP contribution is -2.30. The minimum absolute atomic E-state index is 0.0932. The van der Waals surface area contributed by atoms with Crippen LogP contribution in [-0.2, 0) is 6.42 Å². The first-order valence-corrected chi connectivity index (χ1v) is 7.27. The van der Waals surface area contributed by atoms with Gasteiger partial charge < -0.3 is 11.1 Å². The highest BCUT2D eigenvalue weighted by atomic mass is 15.0. The highest BCUT2D eigenvalue weighted by molar-refractivity contribution is 5.80. The van der Waals surface area contributed by atoms with E-state index >= 15 is 0 Å². The third kappa shape index (κ3) is 2.16. The van der Waals surface area contributed by atoms with E-state index in [1.165, 1.54) is 11.1 Å². The molecule has 3 nitrogen and oxygen atoms in total. The van der Waals surface area contributed by atoms with E-state index in [4.69, 9.17) is 5.73 Å². The number of fused-ring (bicyclic) bond motifs is 2. The molecule has 104 valence electrons. The number of aromatic nitrogens is 1. The van der Waals surface area contributed by atoms with Crippen LogP contribution in [0.15, 0.2) is 60.7 Å². The van der Waals surface area contributed by atoms with Gasteiger partial charge in [0.05, 0.1) is 11.6 Å². The molecule has 1 aromatic heterocycles. The van der Waals surface area contributed by atoms with Crippen LogP contribution in [-0.4, -0.2) is 11.0 Å². The van der Waals surface area contributed by atoms with Gasteiger partial charge in [-0.1, -0.05) is 42.5 Å². The molecule has 0 spiro atoms. The normalized spacial score (nSPS) is 20.4. The lowest BCUT2D eigenvalue weighted by molar-refractivity contribution is 0.624. The monoisotopic (exact) mass is 275 g/mol. The SMILES string of the molecule is NC1Cc2ccccc2C1Nc1ccc2ccccc2n1. The van der Waals surface area contributed by atoms with Crippen LogP contribution < -0.4 is 11.1 Å². The van der Waals surface area contributed by atoms with Crippen LogP contribution in [0.5, 0.6) is 0 Å². The number of nitrogens with two attached hydrogens (primary N) is 1. The molecule has 2 aromatic carbocycles. The minimum Gasteiger partial charge on any atom is -0.362 e. The van der Waals surface area contributed by atoms with Crippen molar-refractivity contribution in [3.63, 3.8) is 0 Å². The number of nitrogens with one attached hydrogen (secondary N) is 1. The van der Waals surface area contributed by atoms with Crippen molar-refractivity contribution < 1.29 is 0 Å². The summed E-state index contributed by atoms with van der Waals surface area (Å²) in [6.07, 6.45) is 0.918. The lowest BCUT2D eigenvalue weighted by atomic mass is 10.1. The molecule has 1 heterocycles. The first-order chi connectivity index (χ1) is 10.3. The van der Waals surface area contributed by atoms with Crippen molar-refractivity contribution in [1.29, 1.82) is 0 Å². The zero-order chi connectivity index (χ0) is 14.2. The molecule has 0 radical (unpaired) electrons. The molecule has 3 heteroatoms. The molecule has 2 atom stereocenters. The summed E-state index contributed by atoms with van der Waals surface area (Å²) in [6.45, 7) is 0. The van der Waals surface area contributed by atoms with Gasteiger partial charge in [0.25, 0.3) is 0 Å². The van der Waals surface area contributed by atoms with E-state index in [2.05, 4.69) is 46.7 Å². The molecule has 0 saturated heterocycles. The number of pyridine rings is 1. The molecule has 0 fully saturated rings. The Kier molecular flexibility index (Phi) is 2.86. The second kappa shape index (κ2) is 4.86. The summed E-state index contributed by atoms with van der Waals surface area (Å²) < 4.78 is 0. The van der Waals surface area contributed by atoms with Gasteiger partial charge in [0.2, 0.25) is 0 Å². The smallest absolute Gasteiger partial charge is 0.127 e. The molecule has 4 rings (SSSR count). The first kappa shape index (κ1) is 12.4. The van der Waals surface area contributed by atoms with Crippen molar-refractivity contribution >= 4 is 16.7 Å². The van der Waals surface area contributed by atoms with Crippen molar-refractivity contribution in [2.24, 2.45) is 5.73 Å². The van der Waals surface area contributed by atoms with Crippen molar-refractivity contribution in [3.8, 4) is 0 Å². The van der Waals surface area contributed by atoms with Gasteiger partial charge in [-0.25, -0.2) is 4.98 Å². The average molecular weight is 275 g/mol. The number of rotatable bonds is 2. The molecule has 3 N–H and O–H groups in total. The molecule has 3 aromatic rings. The highest BCUT2D eigenvalue weighted by Crippen LogP contribution is 2.32. The topological polar surface area (TPSA) is 50.9 Å².